The molecule has 2 rings (SSSR count). The van der Waals surface area contributed by atoms with Gasteiger partial charge in [-0.2, -0.15) is 5.10 Å². The maximum Gasteiger partial charge on any atom is 0.275 e. The summed E-state index contributed by atoms with van der Waals surface area (Å²) in [5.41, 5.74) is 3.22. The summed E-state index contributed by atoms with van der Waals surface area (Å²) in [6.45, 7) is 0. The van der Waals surface area contributed by atoms with Crippen LogP contribution in [0, 0.1) is 0 Å². The minimum atomic E-state index is -0.497. The summed E-state index contributed by atoms with van der Waals surface area (Å²) in [4.78, 5) is 14.7. The van der Waals surface area contributed by atoms with E-state index in [1.54, 1.807) is 18.3 Å². The summed E-state index contributed by atoms with van der Waals surface area (Å²) in [6, 6.07) is 8.04. The van der Waals surface area contributed by atoms with Crippen molar-refractivity contribution in [3.63, 3.8) is 0 Å². The van der Waals surface area contributed by atoms with Crippen LogP contribution in [0.5, 0.6) is 11.5 Å². The number of aromatic amines is 1. The highest BCUT2D eigenvalue weighted by molar-refractivity contribution is 5.97. The molecule has 0 radical (unpaired) electrons. The first kappa shape index (κ1) is 12.7. The van der Waals surface area contributed by atoms with E-state index in [1.165, 1.54) is 25.5 Å². The standard InChI is InChI=1S/C13H13N3O3/c1-19-10-4-5-11(12(17)7-10)13(18)16-15-8-9-3-2-6-14-9/h2-8,14,17H,1H3,(H,16,18)/b15-8-. The highest BCUT2D eigenvalue weighted by Gasteiger charge is 2.10. The second-order valence-corrected chi connectivity index (χ2v) is 3.71. The first-order chi connectivity index (χ1) is 9.20. The molecule has 0 aliphatic carbocycles. The van der Waals surface area contributed by atoms with Gasteiger partial charge < -0.3 is 14.8 Å². The monoisotopic (exact) mass is 259 g/mol. The number of ether oxygens (including phenoxy) is 1. The minimum Gasteiger partial charge on any atom is -0.507 e. The summed E-state index contributed by atoms with van der Waals surface area (Å²) < 4.78 is 4.93. The quantitative estimate of drug-likeness (QED) is 0.574. The maximum absolute atomic E-state index is 11.8. The molecule has 0 unspecified atom stereocenters. The van der Waals surface area contributed by atoms with Crippen molar-refractivity contribution >= 4 is 12.1 Å². The molecule has 0 aliphatic rings. The fourth-order valence-corrected chi connectivity index (χ4v) is 1.48. The molecule has 0 saturated carbocycles. The third kappa shape index (κ3) is 3.12. The molecule has 0 aliphatic heterocycles. The van der Waals surface area contributed by atoms with Gasteiger partial charge in [-0.25, -0.2) is 5.43 Å². The Morgan fingerprint density at radius 3 is 2.95 bits per heavy atom. The van der Waals surface area contributed by atoms with E-state index in [9.17, 15) is 9.90 Å². The molecule has 98 valence electrons. The number of carbonyl (C=O) groups excluding carboxylic acids is 1. The van der Waals surface area contributed by atoms with Crippen molar-refractivity contribution in [2.45, 2.75) is 0 Å². The van der Waals surface area contributed by atoms with E-state index in [0.29, 0.717) is 5.75 Å². The van der Waals surface area contributed by atoms with Crippen molar-refractivity contribution in [2.24, 2.45) is 5.10 Å². The van der Waals surface area contributed by atoms with Crippen molar-refractivity contribution in [2.75, 3.05) is 7.11 Å². The lowest BCUT2D eigenvalue weighted by Crippen LogP contribution is -2.17. The van der Waals surface area contributed by atoms with Crippen LogP contribution in [-0.2, 0) is 0 Å². The fourth-order valence-electron chi connectivity index (χ4n) is 1.48. The highest BCUT2D eigenvalue weighted by Crippen LogP contribution is 2.23. The van der Waals surface area contributed by atoms with Gasteiger partial charge in [0.2, 0.25) is 0 Å². The molecule has 1 amide bonds. The third-order valence-corrected chi connectivity index (χ3v) is 2.44. The highest BCUT2D eigenvalue weighted by atomic mass is 16.5. The molecule has 2 aromatic rings. The molecule has 3 N–H and O–H groups in total. The number of nitrogens with one attached hydrogen (secondary N) is 2. The van der Waals surface area contributed by atoms with E-state index in [2.05, 4.69) is 15.5 Å². The molecule has 19 heavy (non-hydrogen) atoms. The number of benzene rings is 1. The third-order valence-electron chi connectivity index (χ3n) is 2.44. The summed E-state index contributed by atoms with van der Waals surface area (Å²) in [5.74, 6) is -0.182. The lowest BCUT2D eigenvalue weighted by atomic mass is 10.2. The van der Waals surface area contributed by atoms with Crippen LogP contribution in [0.4, 0.5) is 0 Å². The number of aromatic nitrogens is 1. The molecule has 0 saturated heterocycles. The molecule has 1 aromatic carbocycles. The van der Waals surface area contributed by atoms with E-state index in [1.807, 2.05) is 6.07 Å². The number of hydrazone groups is 1. The van der Waals surface area contributed by atoms with Crippen LogP contribution in [0.25, 0.3) is 0 Å². The Bertz CT molecular complexity index is 591. The molecule has 0 spiro atoms. The molecule has 0 bridgehead atoms. The number of phenols is 1. The van der Waals surface area contributed by atoms with Crippen molar-refractivity contribution in [1.29, 1.82) is 0 Å². The molecular weight excluding hydrogens is 246 g/mol. The van der Waals surface area contributed by atoms with E-state index < -0.39 is 5.91 Å². The zero-order valence-electron chi connectivity index (χ0n) is 10.3. The van der Waals surface area contributed by atoms with Gasteiger partial charge in [-0.15, -0.1) is 0 Å². The topological polar surface area (TPSA) is 86.7 Å². The molecule has 6 nitrogen and oxygen atoms in total. The van der Waals surface area contributed by atoms with E-state index >= 15 is 0 Å². The lowest BCUT2D eigenvalue weighted by Gasteiger charge is -2.05. The van der Waals surface area contributed by atoms with E-state index in [4.69, 9.17) is 4.74 Å². The van der Waals surface area contributed by atoms with Crippen LogP contribution in [0.3, 0.4) is 0 Å². The second kappa shape index (κ2) is 5.72. The number of nitrogens with zero attached hydrogens (tertiary/aromatic N) is 1. The van der Waals surface area contributed by atoms with Crippen LogP contribution in [-0.4, -0.2) is 29.3 Å². The van der Waals surface area contributed by atoms with Gasteiger partial charge in [-0.3, -0.25) is 4.79 Å². The lowest BCUT2D eigenvalue weighted by molar-refractivity contribution is 0.0952. The van der Waals surface area contributed by atoms with Gasteiger partial charge in [0.15, 0.2) is 0 Å². The summed E-state index contributed by atoms with van der Waals surface area (Å²) in [7, 11) is 1.48. The van der Waals surface area contributed by atoms with Gasteiger partial charge in [-0.1, -0.05) is 0 Å². The Balaban J connectivity index is 2.04. The maximum atomic E-state index is 11.8. The zero-order valence-corrected chi connectivity index (χ0v) is 10.3. The Morgan fingerprint density at radius 2 is 2.32 bits per heavy atom. The number of methoxy groups -OCH3 is 1. The molecular formula is C13H13N3O3. The van der Waals surface area contributed by atoms with Gasteiger partial charge >= 0.3 is 0 Å². The summed E-state index contributed by atoms with van der Waals surface area (Å²) >= 11 is 0. The predicted molar refractivity (Wildman–Crippen MR) is 70.5 cm³/mol. The number of H-pyrrole nitrogens is 1. The Kier molecular flexibility index (Phi) is 3.82. The first-order valence-electron chi connectivity index (χ1n) is 5.54. The largest absolute Gasteiger partial charge is 0.507 e. The minimum absolute atomic E-state index is 0.129. The average molecular weight is 259 g/mol. The van der Waals surface area contributed by atoms with Gasteiger partial charge in [0.05, 0.1) is 24.6 Å². The van der Waals surface area contributed by atoms with Crippen LogP contribution in [0.2, 0.25) is 0 Å². The molecule has 6 heteroatoms. The fraction of sp³-hybridized carbons (Fsp3) is 0.0769. The van der Waals surface area contributed by atoms with Gasteiger partial charge in [0.25, 0.3) is 5.91 Å². The second-order valence-electron chi connectivity index (χ2n) is 3.71. The Hall–Kier alpha value is -2.76. The van der Waals surface area contributed by atoms with Crippen molar-refractivity contribution in [3.8, 4) is 11.5 Å². The van der Waals surface area contributed by atoms with E-state index in [-0.39, 0.29) is 11.3 Å². The van der Waals surface area contributed by atoms with Crippen molar-refractivity contribution < 1.29 is 14.6 Å². The Morgan fingerprint density at radius 1 is 1.47 bits per heavy atom. The SMILES string of the molecule is COc1ccc(C(=O)N/N=C\c2ccc[nH]2)c(O)c1. The molecule has 0 fully saturated rings. The number of carbonyl (C=O) groups is 1. The van der Waals surface area contributed by atoms with Crippen LogP contribution in [0.1, 0.15) is 16.1 Å². The van der Waals surface area contributed by atoms with Gasteiger partial charge in [0.1, 0.15) is 11.5 Å². The van der Waals surface area contributed by atoms with Crippen LogP contribution < -0.4 is 10.2 Å². The van der Waals surface area contributed by atoms with Gasteiger partial charge in [0, 0.05) is 12.3 Å². The first-order valence-corrected chi connectivity index (χ1v) is 5.54. The summed E-state index contributed by atoms with van der Waals surface area (Å²) in [6.07, 6.45) is 3.22. The number of amides is 1. The predicted octanol–water partition coefficient (Wildman–Crippen LogP) is 1.49. The molecule has 0 atom stereocenters. The average Bonchev–Trinajstić information content (AvgIpc) is 2.91. The van der Waals surface area contributed by atoms with Crippen LogP contribution in [0.15, 0.2) is 41.6 Å². The summed E-state index contributed by atoms with van der Waals surface area (Å²) in [5, 5.41) is 13.5. The smallest absolute Gasteiger partial charge is 0.275 e. The van der Waals surface area contributed by atoms with Crippen molar-refractivity contribution in [1.82, 2.24) is 10.4 Å². The van der Waals surface area contributed by atoms with Gasteiger partial charge in [-0.05, 0) is 24.3 Å². The number of hydrogen-bond acceptors (Lipinski definition) is 4. The van der Waals surface area contributed by atoms with E-state index in [0.717, 1.165) is 5.69 Å². The molecule has 1 aromatic heterocycles. The van der Waals surface area contributed by atoms with Crippen LogP contribution >= 0.6 is 0 Å². The number of hydrogen-bond donors (Lipinski definition) is 3. The number of phenolic OH excluding ortho intramolecular Hbond substituents is 1. The zero-order chi connectivity index (χ0) is 13.7. The Labute approximate surface area is 109 Å². The normalized spacial score (nSPS) is 10.6. The number of aromatic hydroxyl groups is 1. The number of rotatable bonds is 4. The molecule has 1 heterocycles. The van der Waals surface area contributed by atoms with Crippen molar-refractivity contribution in [3.05, 3.63) is 47.8 Å².